The van der Waals surface area contributed by atoms with Gasteiger partial charge in [-0.25, -0.2) is 4.79 Å². The molecule has 0 aromatic rings. The van der Waals surface area contributed by atoms with E-state index in [1.165, 1.54) is 4.90 Å². The molecule has 2 heterocycles. The minimum Gasteiger partial charge on any atom is -0.480 e. The summed E-state index contributed by atoms with van der Waals surface area (Å²) in [5, 5.41) is 12.1. The maximum atomic E-state index is 12.2. The molecule has 2 aliphatic heterocycles. The molecule has 0 saturated carbocycles. The molecule has 2 aliphatic rings. The fourth-order valence-corrected chi connectivity index (χ4v) is 2.36. The summed E-state index contributed by atoms with van der Waals surface area (Å²) in [4.78, 5) is 24.8. The minimum atomic E-state index is -0.962. The summed E-state index contributed by atoms with van der Waals surface area (Å²) in [6, 6.07) is -0.771. The van der Waals surface area contributed by atoms with Gasteiger partial charge in [0.25, 0.3) is 5.91 Å². The van der Waals surface area contributed by atoms with Gasteiger partial charge in [0.15, 0.2) is 0 Å². The quantitative estimate of drug-likeness (QED) is 0.669. The second-order valence-corrected chi connectivity index (χ2v) is 4.65. The highest BCUT2D eigenvalue weighted by atomic mass is 16.5. The summed E-state index contributed by atoms with van der Waals surface area (Å²) >= 11 is 0. The van der Waals surface area contributed by atoms with Gasteiger partial charge in [-0.2, -0.15) is 0 Å². The molecule has 0 radical (unpaired) electrons. The zero-order valence-electron chi connectivity index (χ0n) is 9.89. The maximum absolute atomic E-state index is 12.2. The SMILES string of the molecule is CC1CCOC1C(=O)N1CCNCC1C(=O)O. The van der Waals surface area contributed by atoms with Crippen molar-refractivity contribution in [3.63, 3.8) is 0 Å². The molecule has 2 N–H and O–H groups in total. The van der Waals surface area contributed by atoms with Crippen molar-refractivity contribution in [1.29, 1.82) is 0 Å². The van der Waals surface area contributed by atoms with Crippen LogP contribution in [0, 0.1) is 5.92 Å². The van der Waals surface area contributed by atoms with Crippen molar-refractivity contribution in [3.05, 3.63) is 0 Å². The van der Waals surface area contributed by atoms with Gasteiger partial charge in [0.05, 0.1) is 0 Å². The molecule has 0 aromatic carbocycles. The second-order valence-electron chi connectivity index (χ2n) is 4.65. The monoisotopic (exact) mass is 242 g/mol. The van der Waals surface area contributed by atoms with Gasteiger partial charge >= 0.3 is 5.97 Å². The molecule has 0 aromatic heterocycles. The van der Waals surface area contributed by atoms with Crippen LogP contribution in [0.3, 0.4) is 0 Å². The Morgan fingerprint density at radius 3 is 2.82 bits per heavy atom. The molecule has 3 atom stereocenters. The van der Waals surface area contributed by atoms with Crippen LogP contribution >= 0.6 is 0 Å². The lowest BCUT2D eigenvalue weighted by Gasteiger charge is -2.35. The largest absolute Gasteiger partial charge is 0.480 e. The predicted molar refractivity (Wildman–Crippen MR) is 59.5 cm³/mol. The Morgan fingerprint density at radius 2 is 2.24 bits per heavy atom. The van der Waals surface area contributed by atoms with Gasteiger partial charge in [0.2, 0.25) is 0 Å². The summed E-state index contributed by atoms with van der Waals surface area (Å²) < 4.78 is 5.40. The van der Waals surface area contributed by atoms with Gasteiger partial charge in [0.1, 0.15) is 12.1 Å². The number of hydrogen-bond acceptors (Lipinski definition) is 4. The van der Waals surface area contributed by atoms with Gasteiger partial charge in [0, 0.05) is 26.2 Å². The molecule has 0 spiro atoms. The van der Waals surface area contributed by atoms with E-state index in [0.717, 1.165) is 6.42 Å². The number of ether oxygens (including phenoxy) is 1. The van der Waals surface area contributed by atoms with Crippen molar-refractivity contribution in [3.8, 4) is 0 Å². The smallest absolute Gasteiger partial charge is 0.327 e. The van der Waals surface area contributed by atoms with Crippen LogP contribution in [0.4, 0.5) is 0 Å². The highest BCUT2D eigenvalue weighted by Gasteiger charge is 2.39. The van der Waals surface area contributed by atoms with E-state index in [0.29, 0.717) is 26.2 Å². The van der Waals surface area contributed by atoms with Crippen LogP contribution in [0.1, 0.15) is 13.3 Å². The molecule has 0 bridgehead atoms. The van der Waals surface area contributed by atoms with E-state index in [1.54, 1.807) is 0 Å². The number of nitrogens with zero attached hydrogens (tertiary/aromatic N) is 1. The van der Waals surface area contributed by atoms with Crippen LogP contribution in [0.5, 0.6) is 0 Å². The Kier molecular flexibility index (Phi) is 3.63. The van der Waals surface area contributed by atoms with E-state index in [1.807, 2.05) is 6.92 Å². The highest BCUT2D eigenvalue weighted by Crippen LogP contribution is 2.23. The fourth-order valence-electron chi connectivity index (χ4n) is 2.36. The van der Waals surface area contributed by atoms with E-state index in [-0.39, 0.29) is 11.8 Å². The molecule has 17 heavy (non-hydrogen) atoms. The Labute approximate surface area is 99.9 Å². The molecule has 2 rings (SSSR count). The van der Waals surface area contributed by atoms with Gasteiger partial charge in [-0.3, -0.25) is 4.79 Å². The molecule has 2 fully saturated rings. The molecular formula is C11H18N2O4. The standard InChI is InChI=1S/C11H18N2O4/c1-7-2-5-17-9(7)10(14)13-4-3-12-6-8(13)11(15)16/h7-9,12H,2-6H2,1H3,(H,15,16). The summed E-state index contributed by atoms with van der Waals surface area (Å²) in [6.07, 6.45) is 0.398. The van der Waals surface area contributed by atoms with Crippen molar-refractivity contribution in [2.45, 2.75) is 25.5 Å². The van der Waals surface area contributed by atoms with Gasteiger partial charge in [-0.05, 0) is 12.3 Å². The first-order valence-corrected chi connectivity index (χ1v) is 5.97. The van der Waals surface area contributed by atoms with Gasteiger partial charge in [-0.1, -0.05) is 6.92 Å². The Hall–Kier alpha value is -1.14. The number of rotatable bonds is 2. The van der Waals surface area contributed by atoms with E-state index < -0.39 is 18.1 Å². The van der Waals surface area contributed by atoms with Crippen molar-refractivity contribution in [1.82, 2.24) is 10.2 Å². The van der Waals surface area contributed by atoms with Crippen molar-refractivity contribution in [2.75, 3.05) is 26.2 Å². The molecule has 96 valence electrons. The summed E-state index contributed by atoms with van der Waals surface area (Å²) in [6.45, 7) is 3.93. The Morgan fingerprint density at radius 1 is 1.47 bits per heavy atom. The molecule has 1 amide bonds. The summed E-state index contributed by atoms with van der Waals surface area (Å²) in [5.41, 5.74) is 0. The molecular weight excluding hydrogens is 224 g/mol. The number of piperazine rings is 1. The summed E-state index contributed by atoms with van der Waals surface area (Å²) in [5.74, 6) is -0.966. The normalized spacial score (nSPS) is 33.7. The third-order valence-corrected chi connectivity index (χ3v) is 3.44. The Balaban J connectivity index is 2.08. The topological polar surface area (TPSA) is 78.9 Å². The molecule has 6 heteroatoms. The summed E-state index contributed by atoms with van der Waals surface area (Å²) in [7, 11) is 0. The molecule has 2 saturated heterocycles. The van der Waals surface area contributed by atoms with E-state index in [4.69, 9.17) is 9.84 Å². The lowest BCUT2D eigenvalue weighted by molar-refractivity contribution is -0.156. The van der Waals surface area contributed by atoms with Crippen LogP contribution in [-0.4, -0.2) is 60.3 Å². The van der Waals surface area contributed by atoms with Crippen LogP contribution in [0.25, 0.3) is 0 Å². The minimum absolute atomic E-state index is 0.173. The predicted octanol–water partition coefficient (Wildman–Crippen LogP) is -0.704. The zero-order valence-corrected chi connectivity index (χ0v) is 9.89. The van der Waals surface area contributed by atoms with Crippen molar-refractivity contribution >= 4 is 11.9 Å². The first kappa shape index (κ1) is 12.3. The van der Waals surface area contributed by atoms with Crippen LogP contribution in [-0.2, 0) is 14.3 Å². The first-order chi connectivity index (χ1) is 8.11. The zero-order chi connectivity index (χ0) is 12.4. The second kappa shape index (κ2) is 5.01. The van der Waals surface area contributed by atoms with Crippen LogP contribution in [0.2, 0.25) is 0 Å². The van der Waals surface area contributed by atoms with Crippen molar-refractivity contribution < 1.29 is 19.4 Å². The number of carbonyl (C=O) groups is 2. The number of amides is 1. The van der Waals surface area contributed by atoms with Gasteiger partial charge in [-0.15, -0.1) is 0 Å². The molecule has 6 nitrogen and oxygen atoms in total. The van der Waals surface area contributed by atoms with Gasteiger partial charge < -0.3 is 20.1 Å². The van der Waals surface area contributed by atoms with E-state index in [2.05, 4.69) is 5.32 Å². The average Bonchev–Trinajstić information content (AvgIpc) is 2.74. The maximum Gasteiger partial charge on any atom is 0.327 e. The van der Waals surface area contributed by atoms with E-state index >= 15 is 0 Å². The highest BCUT2D eigenvalue weighted by molar-refractivity contribution is 5.87. The number of carboxylic acids is 1. The lowest BCUT2D eigenvalue weighted by Crippen LogP contribution is -2.59. The van der Waals surface area contributed by atoms with Crippen molar-refractivity contribution in [2.24, 2.45) is 5.92 Å². The molecule has 0 aliphatic carbocycles. The number of carbonyl (C=O) groups excluding carboxylic acids is 1. The van der Waals surface area contributed by atoms with Crippen LogP contribution < -0.4 is 5.32 Å². The Bertz CT molecular complexity index is 321. The lowest BCUT2D eigenvalue weighted by atomic mass is 10.0. The first-order valence-electron chi connectivity index (χ1n) is 5.97. The third-order valence-electron chi connectivity index (χ3n) is 3.44. The number of hydrogen-bond donors (Lipinski definition) is 2. The number of nitrogens with one attached hydrogen (secondary N) is 1. The fraction of sp³-hybridized carbons (Fsp3) is 0.818. The third kappa shape index (κ3) is 2.42. The van der Waals surface area contributed by atoms with E-state index in [9.17, 15) is 9.59 Å². The number of aliphatic carboxylic acids is 1. The van der Waals surface area contributed by atoms with Crippen LogP contribution in [0.15, 0.2) is 0 Å². The number of carboxylic acid groups (broad SMARTS) is 1. The average molecular weight is 242 g/mol. The molecule has 3 unspecified atom stereocenters.